The first kappa shape index (κ1) is 15.4. The third-order valence-corrected chi connectivity index (χ3v) is 8.14. The third kappa shape index (κ3) is 1.89. The van der Waals surface area contributed by atoms with Crippen LogP contribution in [0.4, 0.5) is 0 Å². The summed E-state index contributed by atoms with van der Waals surface area (Å²) in [7, 11) is 0. The highest BCUT2D eigenvalue weighted by Gasteiger charge is 2.59. The van der Waals surface area contributed by atoms with E-state index in [-0.39, 0.29) is 22.4 Å². The Labute approximate surface area is 138 Å². The number of carbonyl (C=O) groups excluding carboxylic acids is 1. The van der Waals surface area contributed by atoms with Gasteiger partial charge in [0.15, 0.2) is 5.78 Å². The lowest BCUT2D eigenvalue weighted by atomic mass is 9.47. The molecule has 3 heteroatoms. The van der Waals surface area contributed by atoms with Crippen LogP contribution in [0.5, 0.6) is 0 Å². The van der Waals surface area contributed by atoms with Gasteiger partial charge in [0.2, 0.25) is 0 Å². The predicted octanol–water partition coefficient (Wildman–Crippen LogP) is 3.79. The van der Waals surface area contributed by atoms with Crippen molar-refractivity contribution in [1.29, 1.82) is 0 Å². The van der Waals surface area contributed by atoms with Gasteiger partial charge in [-0.3, -0.25) is 4.79 Å². The molecule has 23 heavy (non-hydrogen) atoms. The molecule has 2 N–H and O–H groups in total. The fourth-order valence-corrected chi connectivity index (χ4v) is 6.71. The molecule has 3 fully saturated rings. The lowest BCUT2D eigenvalue weighted by Crippen LogP contribution is -2.51. The van der Waals surface area contributed by atoms with Crippen molar-refractivity contribution in [2.24, 2.45) is 34.5 Å². The SMILES string of the molecule is CC12C(O)=CC(=O)C=C1CCC1C2CCC2(C)C(CO)CCC12. The lowest BCUT2D eigenvalue weighted by molar-refractivity contribution is -0.111. The Balaban J connectivity index is 1.71. The first-order valence-electron chi connectivity index (χ1n) is 9.18. The summed E-state index contributed by atoms with van der Waals surface area (Å²) in [5.74, 6) is 2.36. The predicted molar refractivity (Wildman–Crippen MR) is 88.8 cm³/mol. The van der Waals surface area contributed by atoms with Crippen LogP contribution in [0.3, 0.4) is 0 Å². The Hall–Kier alpha value is -1.09. The molecule has 4 aliphatic carbocycles. The number of rotatable bonds is 1. The highest BCUT2D eigenvalue weighted by atomic mass is 16.3. The zero-order chi connectivity index (χ0) is 16.4. The van der Waals surface area contributed by atoms with Crippen molar-refractivity contribution >= 4 is 5.78 Å². The van der Waals surface area contributed by atoms with E-state index < -0.39 is 0 Å². The minimum Gasteiger partial charge on any atom is -0.511 e. The van der Waals surface area contributed by atoms with E-state index in [0.717, 1.165) is 37.7 Å². The van der Waals surface area contributed by atoms with Gasteiger partial charge < -0.3 is 10.2 Å². The summed E-state index contributed by atoms with van der Waals surface area (Å²) in [6, 6.07) is 0. The van der Waals surface area contributed by atoms with Crippen LogP contribution < -0.4 is 0 Å². The summed E-state index contributed by atoms with van der Waals surface area (Å²) in [5, 5.41) is 20.4. The highest BCUT2D eigenvalue weighted by Crippen LogP contribution is 2.66. The second kappa shape index (κ2) is 4.95. The number of ketones is 1. The number of aliphatic hydroxyl groups is 2. The summed E-state index contributed by atoms with van der Waals surface area (Å²) in [4.78, 5) is 11.8. The van der Waals surface area contributed by atoms with Gasteiger partial charge in [0, 0.05) is 18.1 Å². The van der Waals surface area contributed by atoms with Crippen molar-refractivity contribution in [2.75, 3.05) is 6.61 Å². The van der Waals surface area contributed by atoms with Gasteiger partial charge in [-0.1, -0.05) is 12.5 Å². The zero-order valence-electron chi connectivity index (χ0n) is 14.2. The van der Waals surface area contributed by atoms with Gasteiger partial charge in [0.1, 0.15) is 5.76 Å². The Morgan fingerprint density at radius 1 is 1.13 bits per heavy atom. The van der Waals surface area contributed by atoms with Gasteiger partial charge in [-0.25, -0.2) is 0 Å². The quantitative estimate of drug-likeness (QED) is 0.774. The van der Waals surface area contributed by atoms with Gasteiger partial charge in [0.05, 0.1) is 0 Å². The number of fused-ring (bicyclic) bond motifs is 5. The molecular formula is C20H28O3. The first-order chi connectivity index (χ1) is 10.9. The minimum absolute atomic E-state index is 0.0599. The maximum atomic E-state index is 11.8. The van der Waals surface area contributed by atoms with E-state index in [2.05, 4.69) is 13.8 Å². The molecule has 0 spiro atoms. The third-order valence-electron chi connectivity index (χ3n) is 8.14. The van der Waals surface area contributed by atoms with Crippen molar-refractivity contribution in [1.82, 2.24) is 0 Å². The van der Waals surface area contributed by atoms with Crippen LogP contribution in [-0.2, 0) is 4.79 Å². The second-order valence-corrected chi connectivity index (χ2v) is 8.72. The molecule has 0 bridgehead atoms. The summed E-state index contributed by atoms with van der Waals surface area (Å²) >= 11 is 0. The Morgan fingerprint density at radius 2 is 1.91 bits per heavy atom. The van der Waals surface area contributed by atoms with E-state index in [4.69, 9.17) is 0 Å². The van der Waals surface area contributed by atoms with Crippen LogP contribution in [0, 0.1) is 34.5 Å². The van der Waals surface area contributed by atoms with E-state index in [9.17, 15) is 15.0 Å². The summed E-state index contributed by atoms with van der Waals surface area (Å²) in [6.07, 6.45) is 9.84. The summed E-state index contributed by atoms with van der Waals surface area (Å²) < 4.78 is 0. The van der Waals surface area contributed by atoms with Gasteiger partial charge in [0.25, 0.3) is 0 Å². The molecule has 0 saturated heterocycles. The van der Waals surface area contributed by atoms with Gasteiger partial charge in [-0.05, 0) is 80.6 Å². The Bertz CT molecular complexity index is 604. The van der Waals surface area contributed by atoms with Crippen LogP contribution in [0.15, 0.2) is 23.5 Å². The number of carbonyl (C=O) groups is 1. The van der Waals surface area contributed by atoms with Crippen LogP contribution in [0.2, 0.25) is 0 Å². The van der Waals surface area contributed by atoms with Crippen LogP contribution in [0.1, 0.15) is 52.4 Å². The number of aliphatic hydroxyl groups excluding tert-OH is 2. The molecule has 0 heterocycles. The molecule has 4 rings (SSSR count). The average Bonchev–Trinajstić information content (AvgIpc) is 2.85. The van der Waals surface area contributed by atoms with Crippen molar-refractivity contribution in [3.8, 4) is 0 Å². The molecule has 126 valence electrons. The molecule has 4 aliphatic rings. The molecule has 0 aromatic heterocycles. The van der Waals surface area contributed by atoms with Crippen molar-refractivity contribution < 1.29 is 15.0 Å². The number of hydrogen-bond donors (Lipinski definition) is 2. The van der Waals surface area contributed by atoms with E-state index >= 15 is 0 Å². The van der Waals surface area contributed by atoms with Gasteiger partial charge >= 0.3 is 0 Å². The molecule has 3 nitrogen and oxygen atoms in total. The molecule has 0 radical (unpaired) electrons. The molecular weight excluding hydrogens is 288 g/mol. The van der Waals surface area contributed by atoms with Crippen molar-refractivity contribution in [3.63, 3.8) is 0 Å². The van der Waals surface area contributed by atoms with Gasteiger partial charge in [-0.2, -0.15) is 0 Å². The van der Waals surface area contributed by atoms with Crippen LogP contribution in [0.25, 0.3) is 0 Å². The van der Waals surface area contributed by atoms with E-state index in [1.807, 2.05) is 0 Å². The lowest BCUT2D eigenvalue weighted by Gasteiger charge is -2.57. The zero-order valence-corrected chi connectivity index (χ0v) is 14.2. The highest BCUT2D eigenvalue weighted by molar-refractivity contribution is 6.01. The molecule has 6 unspecified atom stereocenters. The smallest absolute Gasteiger partial charge is 0.181 e. The number of allylic oxidation sites excluding steroid dienone is 3. The van der Waals surface area contributed by atoms with Gasteiger partial charge in [-0.15, -0.1) is 0 Å². The van der Waals surface area contributed by atoms with E-state index in [1.165, 1.54) is 12.5 Å². The summed E-state index contributed by atoms with van der Waals surface area (Å²) in [5.41, 5.74) is 1.07. The fraction of sp³-hybridized carbons (Fsp3) is 0.750. The monoisotopic (exact) mass is 316 g/mol. The second-order valence-electron chi connectivity index (χ2n) is 8.72. The molecule has 3 saturated carbocycles. The first-order valence-corrected chi connectivity index (χ1v) is 9.18. The molecule has 6 atom stereocenters. The molecule has 0 aromatic carbocycles. The van der Waals surface area contributed by atoms with Crippen LogP contribution in [-0.4, -0.2) is 22.6 Å². The molecule has 0 aliphatic heterocycles. The largest absolute Gasteiger partial charge is 0.511 e. The van der Waals surface area contributed by atoms with E-state index in [1.54, 1.807) is 6.08 Å². The maximum Gasteiger partial charge on any atom is 0.181 e. The average molecular weight is 316 g/mol. The Kier molecular flexibility index (Phi) is 3.32. The molecule has 0 amide bonds. The Morgan fingerprint density at radius 3 is 2.65 bits per heavy atom. The van der Waals surface area contributed by atoms with Crippen LogP contribution >= 0.6 is 0 Å². The minimum atomic E-state index is -0.338. The fourth-order valence-electron chi connectivity index (χ4n) is 6.71. The number of hydrogen-bond acceptors (Lipinski definition) is 3. The maximum absolute atomic E-state index is 11.8. The topological polar surface area (TPSA) is 57.5 Å². The standard InChI is InChI=1S/C20H28O3/c1-19-8-7-17-15(16(19)6-4-13(19)11-21)5-3-12-9-14(22)10-18(23)20(12,17)2/h9-10,13,15-17,21,23H,3-8,11H2,1-2H3. The van der Waals surface area contributed by atoms with Crippen molar-refractivity contribution in [2.45, 2.75) is 52.4 Å². The van der Waals surface area contributed by atoms with Crippen molar-refractivity contribution in [3.05, 3.63) is 23.5 Å². The summed E-state index contributed by atoms with van der Waals surface area (Å²) in [6.45, 7) is 4.84. The normalized spacial score (nSPS) is 48.9. The van der Waals surface area contributed by atoms with E-state index in [0.29, 0.717) is 30.3 Å². The molecule has 0 aromatic rings.